The fourth-order valence-corrected chi connectivity index (χ4v) is 3.62. The van der Waals surface area contributed by atoms with E-state index in [1.54, 1.807) is 6.26 Å². The second-order valence-electron chi connectivity index (χ2n) is 7.01. The van der Waals surface area contributed by atoms with Crippen LogP contribution in [0.25, 0.3) is 17.5 Å². The summed E-state index contributed by atoms with van der Waals surface area (Å²) in [7, 11) is 0. The molecule has 2 heterocycles. The van der Waals surface area contributed by atoms with Crippen molar-refractivity contribution in [1.29, 1.82) is 0 Å². The van der Waals surface area contributed by atoms with Crippen LogP contribution in [0.5, 0.6) is 0 Å². The molecule has 1 aliphatic heterocycles. The van der Waals surface area contributed by atoms with Gasteiger partial charge in [0.2, 0.25) is 5.89 Å². The molecule has 0 unspecified atom stereocenters. The number of rotatable bonds is 6. The molecule has 1 fully saturated rings. The van der Waals surface area contributed by atoms with E-state index in [9.17, 15) is 0 Å². The molecule has 0 N–H and O–H groups in total. The quantitative estimate of drug-likeness (QED) is 0.600. The number of nitrogens with zero attached hydrogens (tertiary/aromatic N) is 3. The van der Waals surface area contributed by atoms with E-state index >= 15 is 0 Å². The number of benzene rings is 2. The molecule has 144 valence electrons. The first-order chi connectivity index (χ1) is 13.8. The summed E-state index contributed by atoms with van der Waals surface area (Å²) in [6.45, 7) is 5.99. The summed E-state index contributed by atoms with van der Waals surface area (Å²) in [4.78, 5) is 9.52. The molecule has 0 bridgehead atoms. The summed E-state index contributed by atoms with van der Waals surface area (Å²) in [5.41, 5.74) is 3.04. The van der Waals surface area contributed by atoms with E-state index in [1.165, 1.54) is 5.56 Å². The monoisotopic (exact) mass is 393 g/mol. The Hall–Kier alpha value is -2.40. The average Bonchev–Trinajstić information content (AvgIpc) is 3.19. The molecule has 3 aromatic rings. The highest BCUT2D eigenvalue weighted by atomic mass is 35.5. The highest BCUT2D eigenvalue weighted by Gasteiger charge is 2.18. The Morgan fingerprint density at radius 2 is 1.64 bits per heavy atom. The fourth-order valence-electron chi connectivity index (χ4n) is 3.40. The summed E-state index contributed by atoms with van der Waals surface area (Å²) in [6.07, 6.45) is 6.18. The van der Waals surface area contributed by atoms with E-state index in [0.717, 1.165) is 50.5 Å². The van der Waals surface area contributed by atoms with Gasteiger partial charge in [-0.1, -0.05) is 66.2 Å². The van der Waals surface area contributed by atoms with E-state index < -0.39 is 0 Å². The van der Waals surface area contributed by atoms with Gasteiger partial charge in [0.25, 0.3) is 0 Å². The van der Waals surface area contributed by atoms with Crippen LogP contribution in [0.4, 0.5) is 0 Å². The molecular formula is C23H24ClN3O. The Morgan fingerprint density at radius 3 is 2.43 bits per heavy atom. The van der Waals surface area contributed by atoms with Gasteiger partial charge >= 0.3 is 0 Å². The van der Waals surface area contributed by atoms with Crippen molar-refractivity contribution in [3.05, 3.63) is 83.2 Å². The van der Waals surface area contributed by atoms with Crippen molar-refractivity contribution < 1.29 is 4.42 Å². The predicted molar refractivity (Wildman–Crippen MR) is 114 cm³/mol. The van der Waals surface area contributed by atoms with E-state index in [-0.39, 0.29) is 0 Å². The molecule has 0 amide bonds. The van der Waals surface area contributed by atoms with Crippen LogP contribution in [-0.4, -0.2) is 47.5 Å². The number of hydrogen-bond acceptors (Lipinski definition) is 4. The zero-order valence-corrected chi connectivity index (χ0v) is 16.6. The van der Waals surface area contributed by atoms with Gasteiger partial charge in [-0.05, 0) is 17.7 Å². The average molecular weight is 394 g/mol. The van der Waals surface area contributed by atoms with Gasteiger partial charge in [0, 0.05) is 39.3 Å². The van der Waals surface area contributed by atoms with Gasteiger partial charge in [0.15, 0.2) is 0 Å². The number of piperazine rings is 1. The lowest BCUT2D eigenvalue weighted by atomic mass is 10.2. The van der Waals surface area contributed by atoms with Crippen LogP contribution in [0, 0.1) is 0 Å². The van der Waals surface area contributed by atoms with Gasteiger partial charge in [0.05, 0.1) is 16.3 Å². The van der Waals surface area contributed by atoms with Crippen LogP contribution in [0.15, 0.2) is 71.4 Å². The van der Waals surface area contributed by atoms with Gasteiger partial charge in [-0.15, -0.1) is 0 Å². The first-order valence-corrected chi connectivity index (χ1v) is 10.0. The lowest BCUT2D eigenvalue weighted by Gasteiger charge is -2.33. The minimum absolute atomic E-state index is 0.588. The molecular weight excluding hydrogens is 370 g/mol. The molecule has 0 saturated carbocycles. The Balaban J connectivity index is 1.26. The molecule has 5 heteroatoms. The van der Waals surface area contributed by atoms with Crippen LogP contribution in [0.3, 0.4) is 0 Å². The number of halogens is 1. The molecule has 1 aromatic heterocycles. The van der Waals surface area contributed by atoms with Gasteiger partial charge in [-0.25, -0.2) is 4.98 Å². The molecule has 1 saturated heterocycles. The van der Waals surface area contributed by atoms with Crippen LogP contribution < -0.4 is 0 Å². The molecule has 4 rings (SSSR count). The molecule has 2 aromatic carbocycles. The smallest absolute Gasteiger partial charge is 0.227 e. The van der Waals surface area contributed by atoms with Crippen LogP contribution in [0.1, 0.15) is 11.3 Å². The molecule has 1 aliphatic rings. The Bertz CT molecular complexity index is 914. The van der Waals surface area contributed by atoms with Gasteiger partial charge in [-0.2, -0.15) is 0 Å². The van der Waals surface area contributed by atoms with Crippen molar-refractivity contribution in [2.24, 2.45) is 0 Å². The third-order valence-electron chi connectivity index (χ3n) is 4.98. The second-order valence-corrected chi connectivity index (χ2v) is 7.42. The summed E-state index contributed by atoms with van der Waals surface area (Å²) in [5, 5.41) is 0.660. The Kier molecular flexibility index (Phi) is 6.22. The van der Waals surface area contributed by atoms with Gasteiger partial charge < -0.3 is 4.42 Å². The largest absolute Gasteiger partial charge is 0.444 e. The van der Waals surface area contributed by atoms with E-state index in [0.29, 0.717) is 10.9 Å². The van der Waals surface area contributed by atoms with Crippen molar-refractivity contribution in [1.82, 2.24) is 14.8 Å². The summed E-state index contributed by atoms with van der Waals surface area (Å²) >= 11 is 6.24. The van der Waals surface area contributed by atoms with Gasteiger partial charge in [-0.3, -0.25) is 9.80 Å². The van der Waals surface area contributed by atoms with E-state index in [2.05, 4.69) is 51.2 Å². The third-order valence-corrected chi connectivity index (χ3v) is 5.31. The normalized spacial score (nSPS) is 16.0. The topological polar surface area (TPSA) is 32.5 Å². The molecule has 0 aliphatic carbocycles. The lowest BCUT2D eigenvalue weighted by Crippen LogP contribution is -2.45. The zero-order valence-electron chi connectivity index (χ0n) is 15.8. The zero-order chi connectivity index (χ0) is 19.2. The SMILES string of the molecule is Clc1ccccc1-c1nc(CN2CCN(C/C=C/c3ccccc3)CC2)co1. The number of aromatic nitrogens is 1. The molecule has 0 radical (unpaired) electrons. The highest BCUT2D eigenvalue weighted by molar-refractivity contribution is 6.33. The first kappa shape index (κ1) is 18.9. The van der Waals surface area contributed by atoms with Crippen LogP contribution in [-0.2, 0) is 6.54 Å². The van der Waals surface area contributed by atoms with Crippen molar-refractivity contribution in [2.45, 2.75) is 6.54 Å². The van der Waals surface area contributed by atoms with Crippen molar-refractivity contribution >= 4 is 17.7 Å². The predicted octanol–water partition coefficient (Wildman–Crippen LogP) is 4.83. The fraction of sp³-hybridized carbons (Fsp3) is 0.261. The second kappa shape index (κ2) is 9.20. The first-order valence-electron chi connectivity index (χ1n) is 9.63. The Morgan fingerprint density at radius 1 is 0.929 bits per heavy atom. The van der Waals surface area contributed by atoms with E-state index in [4.69, 9.17) is 16.0 Å². The molecule has 0 spiro atoms. The molecule has 28 heavy (non-hydrogen) atoms. The summed E-state index contributed by atoms with van der Waals surface area (Å²) < 4.78 is 5.65. The lowest BCUT2D eigenvalue weighted by molar-refractivity contribution is 0.136. The summed E-state index contributed by atoms with van der Waals surface area (Å²) in [5.74, 6) is 0.588. The third kappa shape index (κ3) is 4.90. The van der Waals surface area contributed by atoms with Crippen molar-refractivity contribution in [3.63, 3.8) is 0 Å². The Labute approximate surface area is 171 Å². The molecule has 0 atom stereocenters. The maximum atomic E-state index is 6.24. The van der Waals surface area contributed by atoms with Gasteiger partial charge in [0.1, 0.15) is 6.26 Å². The maximum absolute atomic E-state index is 6.24. The number of hydrogen-bond donors (Lipinski definition) is 0. The van der Waals surface area contributed by atoms with Crippen LogP contribution in [0.2, 0.25) is 5.02 Å². The van der Waals surface area contributed by atoms with Crippen molar-refractivity contribution in [3.8, 4) is 11.5 Å². The maximum Gasteiger partial charge on any atom is 0.227 e. The minimum Gasteiger partial charge on any atom is -0.444 e. The highest BCUT2D eigenvalue weighted by Crippen LogP contribution is 2.27. The molecule has 4 nitrogen and oxygen atoms in total. The van der Waals surface area contributed by atoms with Crippen LogP contribution >= 0.6 is 11.6 Å². The number of oxazole rings is 1. The summed E-state index contributed by atoms with van der Waals surface area (Å²) in [6, 6.07) is 18.1. The minimum atomic E-state index is 0.588. The van der Waals surface area contributed by atoms with E-state index in [1.807, 2.05) is 30.3 Å². The standard InChI is InChI=1S/C23H24ClN3O/c24-22-11-5-4-10-21(22)23-25-20(18-28-23)17-27-15-13-26(14-16-27)12-6-9-19-7-2-1-3-8-19/h1-11,18H,12-17H2/b9-6+. The van der Waals surface area contributed by atoms with Crippen molar-refractivity contribution in [2.75, 3.05) is 32.7 Å².